The van der Waals surface area contributed by atoms with Crippen LogP contribution in [0.25, 0.3) is 0 Å². The van der Waals surface area contributed by atoms with E-state index in [1.165, 1.54) is 6.07 Å². The highest BCUT2D eigenvalue weighted by molar-refractivity contribution is 7.89. The van der Waals surface area contributed by atoms with Gasteiger partial charge in [0, 0.05) is 12.1 Å². The van der Waals surface area contributed by atoms with Crippen LogP contribution in [0.4, 0.5) is 8.78 Å². The number of rotatable bonds is 5. The number of halogens is 3. The van der Waals surface area contributed by atoms with Gasteiger partial charge in [-0.05, 0) is 44.5 Å². The third kappa shape index (κ3) is 4.28. The van der Waals surface area contributed by atoms with Gasteiger partial charge in [-0.2, -0.15) is 8.78 Å². The summed E-state index contributed by atoms with van der Waals surface area (Å²) >= 11 is 5.79. The summed E-state index contributed by atoms with van der Waals surface area (Å²) in [5, 5.41) is 3.01. The lowest BCUT2D eigenvalue weighted by atomic mass is 10.0. The first-order valence-corrected chi connectivity index (χ1v) is 8.66. The van der Waals surface area contributed by atoms with Crippen LogP contribution in [0, 0.1) is 0 Å². The Morgan fingerprint density at radius 2 is 2.18 bits per heavy atom. The zero-order chi connectivity index (χ0) is 16.3. The molecule has 0 saturated carbocycles. The van der Waals surface area contributed by atoms with Crippen molar-refractivity contribution >= 4 is 21.6 Å². The first kappa shape index (κ1) is 17.4. The molecule has 9 heteroatoms. The van der Waals surface area contributed by atoms with Crippen LogP contribution in [0.2, 0.25) is 5.02 Å². The Bertz CT molecular complexity index is 628. The summed E-state index contributed by atoms with van der Waals surface area (Å²) in [7, 11) is -3.78. The fourth-order valence-corrected chi connectivity index (χ4v) is 3.98. The second-order valence-corrected chi connectivity index (χ2v) is 7.20. The first-order valence-electron chi connectivity index (χ1n) is 6.79. The summed E-state index contributed by atoms with van der Waals surface area (Å²) in [6, 6.07) is 3.19. The number of hydrogen-bond acceptors (Lipinski definition) is 4. The van der Waals surface area contributed by atoms with E-state index in [1.54, 1.807) is 0 Å². The van der Waals surface area contributed by atoms with Crippen molar-refractivity contribution in [2.75, 3.05) is 6.54 Å². The van der Waals surface area contributed by atoms with E-state index in [2.05, 4.69) is 14.8 Å². The van der Waals surface area contributed by atoms with Gasteiger partial charge >= 0.3 is 6.61 Å². The van der Waals surface area contributed by atoms with Crippen molar-refractivity contribution in [2.45, 2.75) is 43.4 Å². The molecule has 1 aliphatic rings. The third-order valence-electron chi connectivity index (χ3n) is 3.50. The van der Waals surface area contributed by atoms with Crippen molar-refractivity contribution < 1.29 is 21.9 Å². The Kier molecular flexibility index (Phi) is 5.60. The van der Waals surface area contributed by atoms with E-state index in [9.17, 15) is 17.2 Å². The maximum atomic E-state index is 12.3. The summed E-state index contributed by atoms with van der Waals surface area (Å²) in [5.74, 6) is -0.261. The van der Waals surface area contributed by atoms with Crippen LogP contribution in [0.5, 0.6) is 5.75 Å². The van der Waals surface area contributed by atoms with E-state index in [4.69, 9.17) is 11.6 Å². The predicted octanol–water partition coefficient (Wildman–Crippen LogP) is 2.36. The van der Waals surface area contributed by atoms with Gasteiger partial charge < -0.3 is 10.1 Å². The second kappa shape index (κ2) is 7.08. The maximum absolute atomic E-state index is 12.3. The molecule has 1 fully saturated rings. The molecule has 0 aliphatic carbocycles. The largest absolute Gasteiger partial charge is 0.433 e. The molecule has 0 radical (unpaired) electrons. The molecule has 0 aromatic heterocycles. The van der Waals surface area contributed by atoms with Gasteiger partial charge in [0.1, 0.15) is 5.75 Å². The van der Waals surface area contributed by atoms with E-state index >= 15 is 0 Å². The maximum Gasteiger partial charge on any atom is 0.387 e. The van der Waals surface area contributed by atoms with Crippen LogP contribution in [-0.4, -0.2) is 33.7 Å². The highest BCUT2D eigenvalue weighted by atomic mass is 35.5. The zero-order valence-corrected chi connectivity index (χ0v) is 13.4. The average molecular weight is 355 g/mol. The van der Waals surface area contributed by atoms with E-state index in [0.29, 0.717) is 0 Å². The summed E-state index contributed by atoms with van der Waals surface area (Å²) < 4.78 is 55.8. The van der Waals surface area contributed by atoms with Crippen molar-refractivity contribution in [2.24, 2.45) is 0 Å². The van der Waals surface area contributed by atoms with E-state index in [-0.39, 0.29) is 27.8 Å². The Hall–Kier alpha value is -0.960. The van der Waals surface area contributed by atoms with Gasteiger partial charge in [0.15, 0.2) is 0 Å². The van der Waals surface area contributed by atoms with Gasteiger partial charge in [0.2, 0.25) is 10.0 Å². The topological polar surface area (TPSA) is 67.4 Å². The number of hydrogen-bond donors (Lipinski definition) is 2. The number of sulfonamides is 1. The summed E-state index contributed by atoms with van der Waals surface area (Å²) in [6.45, 7) is -0.267. The van der Waals surface area contributed by atoms with E-state index in [1.807, 2.05) is 6.92 Å². The molecule has 1 aromatic carbocycles. The summed E-state index contributed by atoms with van der Waals surface area (Å²) in [6.07, 6.45) is 1.60. The Morgan fingerprint density at radius 1 is 1.45 bits per heavy atom. The Balaban J connectivity index is 2.17. The number of alkyl halides is 2. The van der Waals surface area contributed by atoms with Gasteiger partial charge in [0.05, 0.1) is 9.92 Å². The molecule has 2 rings (SSSR count). The van der Waals surface area contributed by atoms with Crippen molar-refractivity contribution in [3.8, 4) is 5.75 Å². The third-order valence-corrected chi connectivity index (χ3v) is 5.28. The van der Waals surface area contributed by atoms with Gasteiger partial charge in [-0.25, -0.2) is 13.1 Å². The fraction of sp³-hybridized carbons (Fsp3) is 0.538. The fourth-order valence-electron chi connectivity index (χ4n) is 2.31. The number of benzene rings is 1. The number of nitrogens with one attached hydrogen (secondary N) is 2. The Morgan fingerprint density at radius 3 is 2.77 bits per heavy atom. The van der Waals surface area contributed by atoms with Gasteiger partial charge in [0.25, 0.3) is 0 Å². The molecule has 1 heterocycles. The molecule has 2 unspecified atom stereocenters. The molecule has 0 amide bonds. The second-order valence-electron chi connectivity index (χ2n) is 5.08. The number of piperidine rings is 1. The molecular weight excluding hydrogens is 338 g/mol. The zero-order valence-electron chi connectivity index (χ0n) is 11.9. The van der Waals surface area contributed by atoms with Crippen molar-refractivity contribution in [1.82, 2.24) is 10.0 Å². The van der Waals surface area contributed by atoms with Crippen LogP contribution in [-0.2, 0) is 10.0 Å². The van der Waals surface area contributed by atoms with E-state index < -0.39 is 16.6 Å². The smallest absolute Gasteiger partial charge is 0.387 e. The van der Waals surface area contributed by atoms with Crippen LogP contribution in [0.15, 0.2) is 23.1 Å². The lowest BCUT2D eigenvalue weighted by molar-refractivity contribution is -0.0498. The predicted molar refractivity (Wildman–Crippen MR) is 78.9 cm³/mol. The molecule has 1 aromatic rings. The minimum absolute atomic E-state index is 0.0143. The highest BCUT2D eigenvalue weighted by Crippen LogP contribution is 2.28. The normalized spacial score (nSPS) is 22.8. The molecule has 124 valence electrons. The molecule has 1 saturated heterocycles. The van der Waals surface area contributed by atoms with Crippen LogP contribution >= 0.6 is 11.6 Å². The van der Waals surface area contributed by atoms with Gasteiger partial charge in [-0.3, -0.25) is 0 Å². The van der Waals surface area contributed by atoms with Crippen LogP contribution in [0.1, 0.15) is 19.8 Å². The quantitative estimate of drug-likeness (QED) is 0.851. The summed E-state index contributed by atoms with van der Waals surface area (Å²) in [5.41, 5.74) is 0. The standard InChI is InChI=1S/C13H17ClF2N2O3S/c1-8-11(3-2-6-17-8)18-22(19,20)9-4-5-12(10(14)7-9)21-13(15)16/h4-5,7-8,11,13,17-18H,2-3,6H2,1H3. The monoisotopic (exact) mass is 354 g/mol. The van der Waals surface area contributed by atoms with Crippen molar-refractivity contribution in [3.63, 3.8) is 0 Å². The van der Waals surface area contributed by atoms with E-state index in [0.717, 1.165) is 31.5 Å². The Labute approximate surface area is 133 Å². The minimum Gasteiger partial charge on any atom is -0.433 e. The summed E-state index contributed by atoms with van der Waals surface area (Å²) in [4.78, 5) is -0.0862. The molecule has 22 heavy (non-hydrogen) atoms. The molecule has 0 bridgehead atoms. The average Bonchev–Trinajstić information content (AvgIpc) is 2.43. The number of ether oxygens (including phenoxy) is 1. The SMILES string of the molecule is CC1NCCCC1NS(=O)(=O)c1ccc(OC(F)F)c(Cl)c1. The highest BCUT2D eigenvalue weighted by Gasteiger charge is 2.27. The van der Waals surface area contributed by atoms with Crippen molar-refractivity contribution in [3.05, 3.63) is 23.2 Å². The van der Waals surface area contributed by atoms with Crippen molar-refractivity contribution in [1.29, 1.82) is 0 Å². The van der Waals surface area contributed by atoms with Gasteiger partial charge in [-0.1, -0.05) is 11.6 Å². The molecule has 2 N–H and O–H groups in total. The van der Waals surface area contributed by atoms with Crippen LogP contribution < -0.4 is 14.8 Å². The van der Waals surface area contributed by atoms with Gasteiger partial charge in [-0.15, -0.1) is 0 Å². The minimum atomic E-state index is -3.78. The molecule has 2 atom stereocenters. The molecular formula is C13H17ClF2N2O3S. The molecule has 5 nitrogen and oxygen atoms in total. The molecule has 1 aliphatic heterocycles. The first-order chi connectivity index (χ1) is 10.3. The lowest BCUT2D eigenvalue weighted by Gasteiger charge is -2.30. The lowest BCUT2D eigenvalue weighted by Crippen LogP contribution is -2.51. The van der Waals surface area contributed by atoms with Crippen LogP contribution in [0.3, 0.4) is 0 Å². The molecule has 0 spiro atoms.